The van der Waals surface area contributed by atoms with Gasteiger partial charge in [0.25, 0.3) is 0 Å². The Morgan fingerprint density at radius 1 is 0.955 bits per heavy atom. The van der Waals surface area contributed by atoms with E-state index in [2.05, 4.69) is 40.4 Å². The molecule has 44 heavy (non-hydrogen) atoms. The van der Waals surface area contributed by atoms with Crippen molar-refractivity contribution < 1.29 is 26.4 Å². The molecule has 0 spiro atoms. The Labute approximate surface area is 256 Å². The van der Waals surface area contributed by atoms with E-state index in [-0.39, 0.29) is 24.9 Å². The molecule has 3 heterocycles. The Balaban J connectivity index is 1.13. The quantitative estimate of drug-likeness (QED) is 0.427. The van der Waals surface area contributed by atoms with Crippen molar-refractivity contribution in [3.05, 3.63) is 88.7 Å². The van der Waals surface area contributed by atoms with Crippen LogP contribution < -0.4 is 5.32 Å². The van der Waals surface area contributed by atoms with Gasteiger partial charge in [-0.2, -0.15) is 17.5 Å². The maximum atomic E-state index is 13.7. The lowest BCUT2D eigenvalue weighted by atomic mass is 9.87. The third-order valence-electron chi connectivity index (χ3n) is 9.13. The van der Waals surface area contributed by atoms with Crippen molar-refractivity contribution in [3.63, 3.8) is 0 Å². The van der Waals surface area contributed by atoms with Crippen LogP contribution in [0, 0.1) is 0 Å². The monoisotopic (exact) mass is 629 g/mol. The van der Waals surface area contributed by atoms with Gasteiger partial charge >= 0.3 is 6.18 Å². The Morgan fingerprint density at radius 2 is 1.75 bits per heavy atom. The highest BCUT2D eigenvalue weighted by atomic mass is 32.2. The van der Waals surface area contributed by atoms with Crippen molar-refractivity contribution in [2.45, 2.75) is 61.9 Å². The van der Waals surface area contributed by atoms with Crippen molar-refractivity contribution in [1.82, 2.24) is 24.0 Å². The fourth-order valence-electron chi connectivity index (χ4n) is 6.66. The smallest absolute Gasteiger partial charge is 0.353 e. The molecule has 1 N–H and O–H groups in total. The summed E-state index contributed by atoms with van der Waals surface area (Å²) in [6.07, 6.45) is -0.654. The molecular weight excluding hydrogens is 591 g/mol. The number of aromatic nitrogens is 1. The van der Waals surface area contributed by atoms with Crippen LogP contribution in [0.1, 0.15) is 46.8 Å². The maximum absolute atomic E-state index is 13.7. The number of alkyl halides is 3. The topological polar surface area (TPSA) is 77.9 Å². The summed E-state index contributed by atoms with van der Waals surface area (Å²) in [7, 11) is -2.17. The van der Waals surface area contributed by atoms with Crippen molar-refractivity contribution in [2.75, 3.05) is 39.8 Å². The molecular formula is C32H38F3N5O3S. The van der Waals surface area contributed by atoms with Crippen molar-refractivity contribution >= 4 is 15.9 Å². The van der Waals surface area contributed by atoms with Gasteiger partial charge in [0.2, 0.25) is 15.9 Å². The van der Waals surface area contributed by atoms with Crippen LogP contribution in [0.4, 0.5) is 13.2 Å². The summed E-state index contributed by atoms with van der Waals surface area (Å²) in [5, 5.41) is 3.12. The first-order valence-corrected chi connectivity index (χ1v) is 16.6. The molecule has 1 fully saturated rings. The first-order valence-electron chi connectivity index (χ1n) is 15.1. The third-order valence-corrected chi connectivity index (χ3v) is 11.0. The molecule has 2 unspecified atom stereocenters. The van der Waals surface area contributed by atoms with E-state index >= 15 is 0 Å². The summed E-state index contributed by atoms with van der Waals surface area (Å²) in [5.74, 6) is -0.283. The normalized spacial score (nSPS) is 21.9. The molecule has 1 aliphatic carbocycles. The van der Waals surface area contributed by atoms with E-state index in [9.17, 15) is 26.4 Å². The first kappa shape index (κ1) is 30.8. The van der Waals surface area contributed by atoms with Crippen LogP contribution in [0.2, 0.25) is 0 Å². The molecule has 2 atom stereocenters. The molecule has 3 aliphatic rings. The van der Waals surface area contributed by atoms with Crippen LogP contribution in [0.25, 0.3) is 0 Å². The number of fused-ring (bicyclic) bond motifs is 2. The molecule has 1 aromatic heterocycles. The minimum atomic E-state index is -4.67. The second-order valence-electron chi connectivity index (χ2n) is 12.2. The van der Waals surface area contributed by atoms with Crippen LogP contribution in [0.3, 0.4) is 0 Å². The van der Waals surface area contributed by atoms with Gasteiger partial charge in [0.1, 0.15) is 0 Å². The number of aryl methyl sites for hydroxylation is 1. The van der Waals surface area contributed by atoms with Crippen molar-refractivity contribution in [1.29, 1.82) is 0 Å². The SMILES string of the molecule is CN1CCN(Cc2ccc3c(c2)CCC(NC(=O)CC2c4cccn4CCN2S(=O)(=O)c2cccc(C(F)(F)F)c2)C3)CC1. The second-order valence-corrected chi connectivity index (χ2v) is 14.1. The van der Waals surface area contributed by atoms with Crippen LogP contribution >= 0.6 is 0 Å². The molecule has 12 heteroatoms. The molecule has 2 aliphatic heterocycles. The number of nitrogens with zero attached hydrogens (tertiary/aromatic N) is 4. The van der Waals surface area contributed by atoms with E-state index in [0.717, 1.165) is 57.7 Å². The lowest BCUT2D eigenvalue weighted by molar-refractivity contribution is -0.137. The number of amides is 1. The highest BCUT2D eigenvalue weighted by Crippen LogP contribution is 2.36. The van der Waals surface area contributed by atoms with Gasteiger partial charge in [-0.3, -0.25) is 9.69 Å². The van der Waals surface area contributed by atoms with Gasteiger partial charge in [0.05, 0.1) is 16.5 Å². The molecule has 0 saturated carbocycles. The third kappa shape index (κ3) is 6.58. The second kappa shape index (κ2) is 12.3. The fraction of sp³-hybridized carbons (Fsp3) is 0.469. The Bertz CT molecular complexity index is 1610. The van der Waals surface area contributed by atoms with E-state index in [1.54, 1.807) is 12.1 Å². The minimum Gasteiger partial charge on any atom is -0.353 e. The molecule has 236 valence electrons. The standard InChI is InChI=1S/C32H38F3N5O3S/c1-37-12-14-38(15-13-37)22-23-7-8-25-19-27(10-9-24(25)18-23)36-31(41)21-30-29-6-3-11-39(29)16-17-40(30)44(42,43)28-5-2-4-26(20-28)32(33,34)35/h2-8,11,18,20,27,30H,9-10,12-17,19,21-22H2,1H3,(H,36,41). The molecule has 2 aromatic carbocycles. The predicted octanol–water partition coefficient (Wildman–Crippen LogP) is 4.06. The number of likely N-dealkylation sites (N-methyl/N-ethyl adjacent to an activating group) is 1. The Kier molecular flexibility index (Phi) is 8.62. The van der Waals surface area contributed by atoms with Gasteiger partial charge in [-0.05, 0) is 73.3 Å². The molecule has 1 saturated heterocycles. The number of hydrogen-bond acceptors (Lipinski definition) is 5. The average Bonchev–Trinajstić information content (AvgIpc) is 3.48. The Morgan fingerprint density at radius 3 is 2.52 bits per heavy atom. The average molecular weight is 630 g/mol. The van der Waals surface area contributed by atoms with Gasteiger partial charge in [-0.1, -0.05) is 24.3 Å². The number of carbonyl (C=O) groups excluding carboxylic acids is 1. The lowest BCUT2D eigenvalue weighted by Gasteiger charge is -2.36. The van der Waals surface area contributed by atoms with E-state index in [1.807, 2.05) is 10.8 Å². The summed E-state index contributed by atoms with van der Waals surface area (Å²) in [6, 6.07) is 13.0. The molecule has 8 nitrogen and oxygen atoms in total. The summed E-state index contributed by atoms with van der Waals surface area (Å²) in [6.45, 7) is 5.60. The maximum Gasteiger partial charge on any atom is 0.416 e. The highest BCUT2D eigenvalue weighted by Gasteiger charge is 2.39. The van der Waals surface area contributed by atoms with Crippen LogP contribution in [-0.2, 0) is 46.9 Å². The summed E-state index contributed by atoms with van der Waals surface area (Å²) >= 11 is 0. The van der Waals surface area contributed by atoms with Crippen LogP contribution in [0.15, 0.2) is 65.7 Å². The Hall–Kier alpha value is -3.19. The van der Waals surface area contributed by atoms with E-state index < -0.39 is 32.7 Å². The summed E-state index contributed by atoms with van der Waals surface area (Å²) in [5.41, 5.74) is 3.44. The fourth-order valence-corrected chi connectivity index (χ4v) is 8.30. The molecule has 0 radical (unpaired) electrons. The zero-order valence-electron chi connectivity index (χ0n) is 24.8. The number of piperazine rings is 1. The number of halogens is 3. The number of carbonyl (C=O) groups is 1. The molecule has 3 aromatic rings. The highest BCUT2D eigenvalue weighted by molar-refractivity contribution is 7.89. The van der Waals surface area contributed by atoms with E-state index in [4.69, 9.17) is 0 Å². The predicted molar refractivity (Wildman–Crippen MR) is 160 cm³/mol. The summed E-state index contributed by atoms with van der Waals surface area (Å²) < 4.78 is 70.6. The number of benzene rings is 2. The van der Waals surface area contributed by atoms with E-state index in [0.29, 0.717) is 24.7 Å². The number of nitrogens with one attached hydrogen (secondary N) is 1. The van der Waals surface area contributed by atoms with E-state index in [1.165, 1.54) is 27.1 Å². The molecule has 0 bridgehead atoms. The zero-order chi connectivity index (χ0) is 31.1. The minimum absolute atomic E-state index is 0.0471. The number of sulfonamides is 1. The zero-order valence-corrected chi connectivity index (χ0v) is 25.6. The lowest BCUT2D eigenvalue weighted by Crippen LogP contribution is -2.45. The van der Waals surface area contributed by atoms with Crippen molar-refractivity contribution in [3.8, 4) is 0 Å². The van der Waals surface area contributed by atoms with Gasteiger partial charge in [-0.25, -0.2) is 8.42 Å². The number of rotatable bonds is 7. The summed E-state index contributed by atoms with van der Waals surface area (Å²) in [4.78, 5) is 17.8. The largest absolute Gasteiger partial charge is 0.416 e. The van der Waals surface area contributed by atoms with Crippen LogP contribution in [-0.4, -0.2) is 78.8 Å². The van der Waals surface area contributed by atoms with Crippen molar-refractivity contribution in [2.24, 2.45) is 0 Å². The van der Waals surface area contributed by atoms with Gasteiger partial charge in [-0.15, -0.1) is 0 Å². The first-order chi connectivity index (χ1) is 21.0. The van der Waals surface area contributed by atoms with Gasteiger partial charge in [0, 0.05) is 70.2 Å². The van der Waals surface area contributed by atoms with Crippen LogP contribution in [0.5, 0.6) is 0 Å². The number of hydrogen-bond donors (Lipinski definition) is 1. The van der Waals surface area contributed by atoms with Gasteiger partial charge in [0.15, 0.2) is 0 Å². The molecule has 6 rings (SSSR count). The molecule has 1 amide bonds. The van der Waals surface area contributed by atoms with Gasteiger partial charge < -0.3 is 14.8 Å².